The number of nitrogens with two attached hydrogens (primary N) is 1. The summed E-state index contributed by atoms with van der Waals surface area (Å²) < 4.78 is 24.4. The highest BCUT2D eigenvalue weighted by atomic mass is 19.3. The summed E-state index contributed by atoms with van der Waals surface area (Å²) in [6, 6.07) is 0.188. The number of carbonyl (C=O) groups is 1. The van der Waals surface area contributed by atoms with Gasteiger partial charge in [0, 0.05) is 19.1 Å². The van der Waals surface area contributed by atoms with E-state index < -0.39 is 12.3 Å². The molecule has 1 saturated carbocycles. The first kappa shape index (κ1) is 10.8. The third kappa shape index (κ3) is 2.12. The molecule has 1 amide bonds. The van der Waals surface area contributed by atoms with Crippen LogP contribution in [0.15, 0.2) is 0 Å². The standard InChI is InChI=1S/C10H16F2N2O/c11-9(12)10(15)14-4-6-1-2-8(13)3-7(6)5-14/h6-9H,1-5,13H2/t6-,7+,8?/m1/s1. The van der Waals surface area contributed by atoms with E-state index in [2.05, 4.69) is 0 Å². The molecule has 0 aromatic carbocycles. The van der Waals surface area contributed by atoms with Gasteiger partial charge in [-0.1, -0.05) is 0 Å². The number of hydrogen-bond acceptors (Lipinski definition) is 2. The first-order chi connectivity index (χ1) is 7.08. The number of rotatable bonds is 1. The van der Waals surface area contributed by atoms with Crippen molar-refractivity contribution in [3.63, 3.8) is 0 Å². The highest BCUT2D eigenvalue weighted by molar-refractivity contribution is 5.79. The molecule has 0 bridgehead atoms. The summed E-state index contributed by atoms with van der Waals surface area (Å²) in [5.74, 6) is -0.276. The van der Waals surface area contributed by atoms with E-state index in [1.165, 1.54) is 4.90 Å². The van der Waals surface area contributed by atoms with Gasteiger partial charge in [-0.15, -0.1) is 0 Å². The van der Waals surface area contributed by atoms with Crippen LogP contribution in [0.3, 0.4) is 0 Å². The second-order valence-electron chi connectivity index (χ2n) is 4.64. The Kier molecular flexibility index (Phi) is 2.91. The van der Waals surface area contributed by atoms with Crippen molar-refractivity contribution in [1.29, 1.82) is 0 Å². The molecule has 86 valence electrons. The third-order valence-corrected chi connectivity index (χ3v) is 3.59. The number of carbonyl (C=O) groups excluding carboxylic acids is 1. The maximum atomic E-state index is 12.2. The van der Waals surface area contributed by atoms with E-state index >= 15 is 0 Å². The van der Waals surface area contributed by atoms with Crippen molar-refractivity contribution in [3.05, 3.63) is 0 Å². The van der Waals surface area contributed by atoms with Crippen LogP contribution in [0.4, 0.5) is 8.78 Å². The molecule has 3 atom stereocenters. The van der Waals surface area contributed by atoms with Crippen molar-refractivity contribution in [1.82, 2.24) is 4.90 Å². The summed E-state index contributed by atoms with van der Waals surface area (Å²) >= 11 is 0. The molecule has 2 aliphatic rings. The van der Waals surface area contributed by atoms with Gasteiger partial charge in [-0.3, -0.25) is 4.79 Å². The molecule has 0 aromatic rings. The molecule has 1 unspecified atom stereocenters. The lowest BCUT2D eigenvalue weighted by Gasteiger charge is -2.27. The molecule has 0 spiro atoms. The van der Waals surface area contributed by atoms with Crippen molar-refractivity contribution in [3.8, 4) is 0 Å². The maximum Gasteiger partial charge on any atom is 0.315 e. The van der Waals surface area contributed by atoms with Crippen LogP contribution in [0.1, 0.15) is 19.3 Å². The maximum absolute atomic E-state index is 12.2. The van der Waals surface area contributed by atoms with Gasteiger partial charge in [0.2, 0.25) is 0 Å². The first-order valence-corrected chi connectivity index (χ1v) is 5.40. The van der Waals surface area contributed by atoms with Crippen LogP contribution in [0.2, 0.25) is 0 Å². The zero-order valence-electron chi connectivity index (χ0n) is 8.53. The van der Waals surface area contributed by atoms with E-state index in [4.69, 9.17) is 5.73 Å². The first-order valence-electron chi connectivity index (χ1n) is 5.40. The smallest absolute Gasteiger partial charge is 0.315 e. The minimum Gasteiger partial charge on any atom is -0.337 e. The van der Waals surface area contributed by atoms with Gasteiger partial charge >= 0.3 is 6.43 Å². The van der Waals surface area contributed by atoms with Gasteiger partial charge in [0.25, 0.3) is 5.91 Å². The number of hydrogen-bond donors (Lipinski definition) is 1. The van der Waals surface area contributed by atoms with Crippen molar-refractivity contribution >= 4 is 5.91 Å². The van der Waals surface area contributed by atoms with Gasteiger partial charge < -0.3 is 10.6 Å². The molecule has 1 saturated heterocycles. The minimum absolute atomic E-state index is 0.188. The summed E-state index contributed by atoms with van der Waals surface area (Å²) in [6.45, 7) is 0.974. The Labute approximate surface area is 87.6 Å². The van der Waals surface area contributed by atoms with Crippen molar-refractivity contribution in [2.45, 2.75) is 31.7 Å². The lowest BCUT2D eigenvalue weighted by Crippen LogP contribution is -2.34. The highest BCUT2D eigenvalue weighted by Crippen LogP contribution is 2.35. The van der Waals surface area contributed by atoms with E-state index in [1.54, 1.807) is 0 Å². The van der Waals surface area contributed by atoms with Gasteiger partial charge in [0.15, 0.2) is 0 Å². The molecule has 5 heteroatoms. The monoisotopic (exact) mass is 218 g/mol. The summed E-state index contributed by atoms with van der Waals surface area (Å²) in [7, 11) is 0. The third-order valence-electron chi connectivity index (χ3n) is 3.59. The molecule has 1 aliphatic heterocycles. The predicted molar refractivity (Wildman–Crippen MR) is 51.4 cm³/mol. The fourth-order valence-corrected chi connectivity index (χ4v) is 2.79. The summed E-state index contributed by atoms with van der Waals surface area (Å²) in [5.41, 5.74) is 5.82. The molecule has 2 fully saturated rings. The van der Waals surface area contributed by atoms with Crippen LogP contribution < -0.4 is 5.73 Å². The number of alkyl halides is 2. The molecule has 2 N–H and O–H groups in total. The van der Waals surface area contributed by atoms with Crippen LogP contribution in [0, 0.1) is 11.8 Å². The molecule has 0 radical (unpaired) electrons. The van der Waals surface area contributed by atoms with Gasteiger partial charge in [0.05, 0.1) is 0 Å². The average Bonchev–Trinajstić information content (AvgIpc) is 2.58. The van der Waals surface area contributed by atoms with E-state index in [0.29, 0.717) is 24.9 Å². The Morgan fingerprint density at radius 1 is 1.27 bits per heavy atom. The Morgan fingerprint density at radius 2 is 1.93 bits per heavy atom. The fourth-order valence-electron chi connectivity index (χ4n) is 2.79. The van der Waals surface area contributed by atoms with Gasteiger partial charge in [0.1, 0.15) is 0 Å². The van der Waals surface area contributed by atoms with Crippen LogP contribution in [0.25, 0.3) is 0 Å². The molecule has 2 rings (SSSR count). The van der Waals surface area contributed by atoms with Crippen LogP contribution >= 0.6 is 0 Å². The number of nitrogens with zero attached hydrogens (tertiary/aromatic N) is 1. The largest absolute Gasteiger partial charge is 0.337 e. The lowest BCUT2D eigenvalue weighted by molar-refractivity contribution is -0.141. The summed E-state index contributed by atoms with van der Waals surface area (Å²) in [5, 5.41) is 0. The molecule has 1 heterocycles. The molecule has 3 nitrogen and oxygen atoms in total. The zero-order valence-corrected chi connectivity index (χ0v) is 8.53. The van der Waals surface area contributed by atoms with E-state index in [-0.39, 0.29) is 6.04 Å². The van der Waals surface area contributed by atoms with Crippen molar-refractivity contribution < 1.29 is 13.6 Å². The number of halogens is 2. The summed E-state index contributed by atoms with van der Waals surface area (Å²) in [6.07, 6.45) is -0.0622. The van der Waals surface area contributed by atoms with Gasteiger partial charge in [-0.2, -0.15) is 8.78 Å². The van der Waals surface area contributed by atoms with Crippen molar-refractivity contribution in [2.24, 2.45) is 17.6 Å². The van der Waals surface area contributed by atoms with Crippen LogP contribution in [0.5, 0.6) is 0 Å². The summed E-state index contributed by atoms with van der Waals surface area (Å²) in [4.78, 5) is 12.4. The van der Waals surface area contributed by atoms with E-state index in [1.807, 2.05) is 0 Å². The zero-order chi connectivity index (χ0) is 11.0. The predicted octanol–water partition coefficient (Wildman–Crippen LogP) is 0.837. The normalized spacial score (nSPS) is 35.7. The average molecular weight is 218 g/mol. The van der Waals surface area contributed by atoms with Gasteiger partial charge in [-0.25, -0.2) is 0 Å². The topological polar surface area (TPSA) is 46.3 Å². The van der Waals surface area contributed by atoms with Crippen molar-refractivity contribution in [2.75, 3.05) is 13.1 Å². The molecule has 15 heavy (non-hydrogen) atoms. The molecular formula is C10H16F2N2O. The molecular weight excluding hydrogens is 202 g/mol. The molecule has 1 aliphatic carbocycles. The second-order valence-corrected chi connectivity index (χ2v) is 4.64. The van der Waals surface area contributed by atoms with Gasteiger partial charge in [-0.05, 0) is 31.1 Å². The number of likely N-dealkylation sites (tertiary alicyclic amines) is 1. The quantitative estimate of drug-likeness (QED) is 0.708. The van der Waals surface area contributed by atoms with E-state index in [0.717, 1.165) is 19.3 Å². The van der Waals surface area contributed by atoms with Crippen LogP contribution in [-0.4, -0.2) is 36.4 Å². The van der Waals surface area contributed by atoms with Crippen LogP contribution in [-0.2, 0) is 4.79 Å². The second kappa shape index (κ2) is 4.04. The highest BCUT2D eigenvalue weighted by Gasteiger charge is 2.40. The van der Waals surface area contributed by atoms with E-state index in [9.17, 15) is 13.6 Å². The Morgan fingerprint density at radius 3 is 2.60 bits per heavy atom. The number of fused-ring (bicyclic) bond motifs is 1. The lowest BCUT2D eigenvalue weighted by atomic mass is 9.79. The Hall–Kier alpha value is -0.710. The Bertz CT molecular complexity index is 260. The minimum atomic E-state index is -2.86. The SMILES string of the molecule is NC1CC[C@@H]2CN(C(=O)C(F)F)C[C@@H]2C1. The fraction of sp³-hybridized carbons (Fsp3) is 0.900. The Balaban J connectivity index is 1.96. The molecule has 0 aromatic heterocycles. The number of amides is 1.